The summed E-state index contributed by atoms with van der Waals surface area (Å²) < 4.78 is 0.950. The smallest absolute Gasteiger partial charge is 0.271 e. The maximum absolute atomic E-state index is 11.8. The molecule has 0 saturated heterocycles. The summed E-state index contributed by atoms with van der Waals surface area (Å²) in [4.78, 5) is 20.1. The quantitative estimate of drug-likeness (QED) is 0.888. The zero-order chi connectivity index (χ0) is 15.4. The molecule has 0 atom stereocenters. The average molecular weight is 349 g/mol. The average Bonchev–Trinajstić information content (AvgIpc) is 2.42. The Morgan fingerprint density at radius 2 is 2.00 bits per heavy atom. The lowest BCUT2D eigenvalue weighted by Crippen LogP contribution is -2.30. The SMILES string of the molecule is Cc1ccc(Nc2cnc(C(=O)NC(C)C)cn2)c(Br)c1. The minimum Gasteiger partial charge on any atom is -0.348 e. The summed E-state index contributed by atoms with van der Waals surface area (Å²) in [5.74, 6) is 0.362. The van der Waals surface area contributed by atoms with E-state index in [0.29, 0.717) is 11.5 Å². The van der Waals surface area contributed by atoms with Crippen LogP contribution in [-0.2, 0) is 0 Å². The number of nitrogens with one attached hydrogen (secondary N) is 2. The van der Waals surface area contributed by atoms with Gasteiger partial charge in [-0.3, -0.25) is 4.79 Å². The number of hydrogen-bond acceptors (Lipinski definition) is 4. The van der Waals surface area contributed by atoms with Crippen molar-refractivity contribution in [2.45, 2.75) is 26.8 Å². The number of amides is 1. The van der Waals surface area contributed by atoms with Crippen molar-refractivity contribution in [1.29, 1.82) is 0 Å². The summed E-state index contributed by atoms with van der Waals surface area (Å²) in [7, 11) is 0. The van der Waals surface area contributed by atoms with Gasteiger partial charge in [0.1, 0.15) is 11.5 Å². The number of aryl methyl sites for hydroxylation is 1. The van der Waals surface area contributed by atoms with Crippen LogP contribution in [0.25, 0.3) is 0 Å². The first kappa shape index (κ1) is 15.4. The Morgan fingerprint density at radius 1 is 1.24 bits per heavy atom. The second-order valence-corrected chi connectivity index (χ2v) is 5.88. The van der Waals surface area contributed by atoms with Crippen LogP contribution < -0.4 is 10.6 Å². The number of hydrogen-bond donors (Lipinski definition) is 2. The summed E-state index contributed by atoms with van der Waals surface area (Å²) in [6.07, 6.45) is 3.00. The largest absolute Gasteiger partial charge is 0.348 e. The van der Waals surface area contributed by atoms with Gasteiger partial charge in [0.2, 0.25) is 0 Å². The molecule has 0 spiro atoms. The van der Waals surface area contributed by atoms with Crippen LogP contribution in [0.1, 0.15) is 29.9 Å². The second-order valence-electron chi connectivity index (χ2n) is 5.02. The van der Waals surface area contributed by atoms with Crippen LogP contribution in [0.5, 0.6) is 0 Å². The number of halogens is 1. The highest BCUT2D eigenvalue weighted by Gasteiger charge is 2.09. The van der Waals surface area contributed by atoms with Gasteiger partial charge in [0.05, 0.1) is 18.1 Å². The van der Waals surface area contributed by atoms with E-state index < -0.39 is 0 Å². The molecule has 2 aromatic rings. The monoisotopic (exact) mass is 348 g/mol. The highest BCUT2D eigenvalue weighted by molar-refractivity contribution is 9.10. The Labute approximate surface area is 132 Å². The zero-order valence-corrected chi connectivity index (χ0v) is 13.7. The van der Waals surface area contributed by atoms with E-state index in [-0.39, 0.29) is 11.9 Å². The Bertz CT molecular complexity index is 641. The van der Waals surface area contributed by atoms with Crippen molar-refractivity contribution in [2.24, 2.45) is 0 Å². The van der Waals surface area contributed by atoms with Gasteiger partial charge in [-0.25, -0.2) is 9.97 Å². The van der Waals surface area contributed by atoms with Crippen molar-refractivity contribution in [3.8, 4) is 0 Å². The minimum absolute atomic E-state index is 0.0700. The van der Waals surface area contributed by atoms with E-state index in [4.69, 9.17) is 0 Å². The number of benzene rings is 1. The van der Waals surface area contributed by atoms with E-state index in [0.717, 1.165) is 10.2 Å². The number of anilines is 2. The molecule has 6 heteroatoms. The number of rotatable bonds is 4. The van der Waals surface area contributed by atoms with Gasteiger partial charge < -0.3 is 10.6 Å². The summed E-state index contributed by atoms with van der Waals surface area (Å²) >= 11 is 3.49. The molecular weight excluding hydrogens is 332 g/mol. The van der Waals surface area contributed by atoms with Gasteiger partial charge in [-0.1, -0.05) is 6.07 Å². The van der Waals surface area contributed by atoms with E-state index in [2.05, 4.69) is 36.5 Å². The van der Waals surface area contributed by atoms with Crippen molar-refractivity contribution in [3.63, 3.8) is 0 Å². The van der Waals surface area contributed by atoms with Crippen LogP contribution >= 0.6 is 15.9 Å². The second kappa shape index (κ2) is 6.67. The lowest BCUT2D eigenvalue weighted by molar-refractivity contribution is 0.0937. The molecule has 0 fully saturated rings. The summed E-state index contributed by atoms with van der Waals surface area (Å²) in [5, 5.41) is 5.93. The first-order chi connectivity index (χ1) is 9.95. The van der Waals surface area contributed by atoms with Gasteiger partial charge >= 0.3 is 0 Å². The van der Waals surface area contributed by atoms with Gasteiger partial charge in [-0.2, -0.15) is 0 Å². The first-order valence-corrected chi connectivity index (χ1v) is 7.41. The van der Waals surface area contributed by atoms with Crippen molar-refractivity contribution >= 4 is 33.3 Å². The minimum atomic E-state index is -0.222. The van der Waals surface area contributed by atoms with Crippen molar-refractivity contribution in [3.05, 3.63) is 46.3 Å². The third-order valence-corrected chi connectivity index (χ3v) is 3.35. The van der Waals surface area contributed by atoms with Gasteiger partial charge in [0.15, 0.2) is 0 Å². The summed E-state index contributed by atoms with van der Waals surface area (Å²) in [5.41, 5.74) is 2.37. The molecule has 0 unspecified atom stereocenters. The highest BCUT2D eigenvalue weighted by Crippen LogP contribution is 2.25. The van der Waals surface area contributed by atoms with Gasteiger partial charge in [-0.05, 0) is 54.4 Å². The fourth-order valence-corrected chi connectivity index (χ4v) is 2.30. The van der Waals surface area contributed by atoms with Gasteiger partial charge in [-0.15, -0.1) is 0 Å². The third kappa shape index (κ3) is 4.26. The molecule has 0 aliphatic carbocycles. The van der Waals surface area contributed by atoms with E-state index in [9.17, 15) is 4.79 Å². The Kier molecular flexibility index (Phi) is 4.90. The standard InChI is InChI=1S/C15H17BrN4O/c1-9(2)19-15(21)13-7-18-14(8-17-13)20-12-5-4-10(3)6-11(12)16/h4-9H,1-3H3,(H,18,20)(H,19,21). The van der Waals surface area contributed by atoms with Crippen molar-refractivity contribution < 1.29 is 4.79 Å². The normalized spacial score (nSPS) is 10.5. The highest BCUT2D eigenvalue weighted by atomic mass is 79.9. The summed E-state index contributed by atoms with van der Waals surface area (Å²) in [6, 6.07) is 6.05. The van der Waals surface area contributed by atoms with Crippen LogP contribution in [0.2, 0.25) is 0 Å². The fourth-order valence-electron chi connectivity index (χ4n) is 1.71. The lowest BCUT2D eigenvalue weighted by Gasteiger charge is -2.10. The number of carbonyl (C=O) groups excluding carboxylic acids is 1. The molecule has 1 aromatic heterocycles. The lowest BCUT2D eigenvalue weighted by atomic mass is 10.2. The number of aromatic nitrogens is 2. The molecule has 2 rings (SSSR count). The molecule has 21 heavy (non-hydrogen) atoms. The molecule has 1 heterocycles. The van der Waals surface area contributed by atoms with Crippen LogP contribution in [-0.4, -0.2) is 21.9 Å². The van der Waals surface area contributed by atoms with Gasteiger partial charge in [0.25, 0.3) is 5.91 Å². The molecule has 110 valence electrons. The molecule has 0 radical (unpaired) electrons. The van der Waals surface area contributed by atoms with E-state index in [1.165, 1.54) is 11.8 Å². The Hall–Kier alpha value is -1.95. The molecule has 0 aliphatic rings. The predicted molar refractivity (Wildman–Crippen MR) is 86.8 cm³/mol. The van der Waals surface area contributed by atoms with E-state index in [1.807, 2.05) is 39.0 Å². The van der Waals surface area contributed by atoms with Crippen molar-refractivity contribution in [1.82, 2.24) is 15.3 Å². The van der Waals surface area contributed by atoms with Crippen molar-refractivity contribution in [2.75, 3.05) is 5.32 Å². The predicted octanol–water partition coefficient (Wildman–Crippen LogP) is 3.43. The van der Waals surface area contributed by atoms with Gasteiger partial charge in [0, 0.05) is 10.5 Å². The Balaban J connectivity index is 2.10. The van der Waals surface area contributed by atoms with Crippen LogP contribution in [0.3, 0.4) is 0 Å². The number of carbonyl (C=O) groups is 1. The van der Waals surface area contributed by atoms with Crippen LogP contribution in [0.15, 0.2) is 35.1 Å². The van der Waals surface area contributed by atoms with E-state index >= 15 is 0 Å². The molecule has 1 aromatic carbocycles. The van der Waals surface area contributed by atoms with Crippen LogP contribution in [0.4, 0.5) is 11.5 Å². The maximum atomic E-state index is 11.8. The molecule has 1 amide bonds. The van der Waals surface area contributed by atoms with Crippen LogP contribution in [0, 0.1) is 6.92 Å². The van der Waals surface area contributed by atoms with E-state index in [1.54, 1.807) is 6.20 Å². The molecular formula is C15H17BrN4O. The molecule has 0 bridgehead atoms. The molecule has 0 saturated carbocycles. The maximum Gasteiger partial charge on any atom is 0.271 e. The molecule has 2 N–H and O–H groups in total. The first-order valence-electron chi connectivity index (χ1n) is 6.62. The Morgan fingerprint density at radius 3 is 2.57 bits per heavy atom. The molecule has 0 aliphatic heterocycles. The third-order valence-electron chi connectivity index (χ3n) is 2.69. The number of nitrogens with zero attached hydrogens (tertiary/aromatic N) is 2. The topological polar surface area (TPSA) is 66.9 Å². The molecule has 5 nitrogen and oxygen atoms in total. The fraction of sp³-hybridized carbons (Fsp3) is 0.267. The zero-order valence-electron chi connectivity index (χ0n) is 12.1. The summed E-state index contributed by atoms with van der Waals surface area (Å²) in [6.45, 7) is 5.82.